The van der Waals surface area contributed by atoms with Crippen LogP contribution < -0.4 is 5.11 Å². The fraction of sp³-hybridized carbons (Fsp3) is 0.125. The Labute approximate surface area is 147 Å². The SMILES string of the molecule is O=S(=O)(/N=C(\[O-])c1c(I)ccc(I)c1I)C(F)(F)F. The Bertz CT molecular complexity index is 643. The fourth-order valence-corrected chi connectivity index (χ4v) is 3.69. The van der Waals surface area contributed by atoms with Gasteiger partial charge in [-0.3, -0.25) is 0 Å². The average Bonchev–Trinajstić information content (AvgIpc) is 2.21. The number of hydrogen-bond acceptors (Lipinski definition) is 3. The minimum atomic E-state index is -5.83. The molecule has 106 valence electrons. The van der Waals surface area contributed by atoms with Gasteiger partial charge in [-0.05, 0) is 79.9 Å². The van der Waals surface area contributed by atoms with Gasteiger partial charge in [-0.2, -0.15) is 26.0 Å². The van der Waals surface area contributed by atoms with E-state index < -0.39 is 21.4 Å². The monoisotopic (exact) mass is 630 g/mol. The Balaban J connectivity index is 3.45. The zero-order valence-electron chi connectivity index (χ0n) is 8.50. The summed E-state index contributed by atoms with van der Waals surface area (Å²) in [5.41, 5.74) is -5.73. The van der Waals surface area contributed by atoms with Gasteiger partial charge in [0.15, 0.2) is 0 Å². The summed E-state index contributed by atoms with van der Waals surface area (Å²) < 4.78 is 61.7. The molecule has 0 saturated heterocycles. The van der Waals surface area contributed by atoms with Crippen molar-refractivity contribution in [3.05, 3.63) is 28.4 Å². The second-order valence-corrected chi connectivity index (χ2v) is 8.03. The third kappa shape index (κ3) is 4.05. The molecule has 0 N–H and O–H groups in total. The molecule has 0 aromatic heterocycles. The first kappa shape index (κ1) is 17.7. The normalized spacial score (nSPS) is 13.7. The number of hydrogen-bond donors (Lipinski definition) is 0. The third-order valence-corrected chi connectivity index (χ3v) is 6.70. The Morgan fingerprint density at radius 3 is 2.11 bits per heavy atom. The summed E-state index contributed by atoms with van der Waals surface area (Å²) in [6.45, 7) is 0. The topological polar surface area (TPSA) is 69.6 Å². The molecular formula is C8H2F3I3NO3S-. The van der Waals surface area contributed by atoms with Gasteiger partial charge in [0, 0.05) is 22.2 Å². The molecule has 0 saturated carbocycles. The van der Waals surface area contributed by atoms with E-state index in [1.807, 2.05) is 22.6 Å². The molecule has 19 heavy (non-hydrogen) atoms. The molecule has 0 radical (unpaired) electrons. The number of halogens is 6. The highest BCUT2D eigenvalue weighted by Crippen LogP contribution is 2.27. The van der Waals surface area contributed by atoms with Crippen LogP contribution in [0.4, 0.5) is 13.2 Å². The molecule has 4 nitrogen and oxygen atoms in total. The van der Waals surface area contributed by atoms with E-state index in [4.69, 9.17) is 0 Å². The van der Waals surface area contributed by atoms with E-state index in [9.17, 15) is 26.7 Å². The van der Waals surface area contributed by atoms with Crippen LogP contribution in [0.3, 0.4) is 0 Å². The van der Waals surface area contributed by atoms with Crippen LogP contribution in [-0.4, -0.2) is 19.8 Å². The zero-order chi connectivity index (χ0) is 15.0. The Morgan fingerprint density at radius 1 is 1.16 bits per heavy atom. The van der Waals surface area contributed by atoms with Gasteiger partial charge in [0.2, 0.25) is 0 Å². The molecule has 1 aromatic rings. The van der Waals surface area contributed by atoms with E-state index in [0.717, 1.165) is 0 Å². The molecule has 0 amide bonds. The first-order valence-electron chi connectivity index (χ1n) is 4.19. The minimum absolute atomic E-state index is 0.152. The number of sulfonamides is 1. The van der Waals surface area contributed by atoms with Crippen LogP contribution in [0.5, 0.6) is 0 Å². The van der Waals surface area contributed by atoms with Crippen molar-refractivity contribution in [2.75, 3.05) is 0 Å². The van der Waals surface area contributed by atoms with E-state index >= 15 is 0 Å². The number of benzene rings is 1. The minimum Gasteiger partial charge on any atom is -0.858 e. The van der Waals surface area contributed by atoms with Crippen molar-refractivity contribution in [1.29, 1.82) is 0 Å². The summed E-state index contributed by atoms with van der Waals surface area (Å²) in [7, 11) is -5.83. The van der Waals surface area contributed by atoms with Crippen molar-refractivity contribution < 1.29 is 26.7 Å². The Morgan fingerprint density at radius 2 is 1.63 bits per heavy atom. The Hall–Kier alpha value is 0.620. The van der Waals surface area contributed by atoms with Gasteiger partial charge in [-0.15, -0.1) is 0 Å². The van der Waals surface area contributed by atoms with Gasteiger partial charge >= 0.3 is 15.5 Å². The number of alkyl halides is 3. The molecule has 0 unspecified atom stereocenters. The molecular weight excluding hydrogens is 628 g/mol. The molecule has 1 rings (SSSR count). The quantitative estimate of drug-likeness (QED) is 0.219. The maximum Gasteiger partial charge on any atom is 0.518 e. The summed E-state index contributed by atoms with van der Waals surface area (Å²) in [6.07, 6.45) is 0. The third-order valence-electron chi connectivity index (χ3n) is 1.75. The molecule has 0 heterocycles. The van der Waals surface area contributed by atoms with Crippen LogP contribution in [0.15, 0.2) is 16.5 Å². The van der Waals surface area contributed by atoms with Crippen LogP contribution in [-0.2, 0) is 10.0 Å². The van der Waals surface area contributed by atoms with E-state index in [1.165, 1.54) is 6.07 Å². The smallest absolute Gasteiger partial charge is 0.518 e. The molecule has 0 fully saturated rings. The van der Waals surface area contributed by atoms with Crippen molar-refractivity contribution in [3.8, 4) is 0 Å². The summed E-state index contributed by atoms with van der Waals surface area (Å²) in [5, 5.41) is 11.6. The van der Waals surface area contributed by atoms with Crippen molar-refractivity contribution in [2.45, 2.75) is 5.51 Å². The first-order valence-corrected chi connectivity index (χ1v) is 8.87. The van der Waals surface area contributed by atoms with Crippen molar-refractivity contribution >= 4 is 83.7 Å². The van der Waals surface area contributed by atoms with Crippen LogP contribution in [0.1, 0.15) is 5.56 Å². The second-order valence-electron chi connectivity index (χ2n) is 3.04. The number of rotatable bonds is 2. The summed E-state index contributed by atoms with van der Waals surface area (Å²) >= 11 is 5.35. The highest BCUT2D eigenvalue weighted by Gasteiger charge is 2.45. The average molecular weight is 630 g/mol. The molecule has 1 aromatic carbocycles. The lowest BCUT2D eigenvalue weighted by atomic mass is 10.2. The standard InChI is InChI=1S/C8H3F3I3NO3S/c9-8(10,11)19(17,18)15-7(16)5-3(12)1-2-4(13)6(5)14/h1-2H,(H,15,16)/p-1. The summed E-state index contributed by atoms with van der Waals surface area (Å²) in [6, 6.07) is 3.15. The van der Waals surface area contributed by atoms with Gasteiger partial charge in [0.05, 0.1) is 0 Å². The lowest BCUT2D eigenvalue weighted by Crippen LogP contribution is -2.28. The van der Waals surface area contributed by atoms with Gasteiger partial charge < -0.3 is 5.11 Å². The Kier molecular flexibility index (Phi) is 5.73. The first-order chi connectivity index (χ1) is 8.47. The highest BCUT2D eigenvalue weighted by atomic mass is 127. The lowest BCUT2D eigenvalue weighted by molar-refractivity contribution is -0.212. The summed E-state index contributed by atoms with van der Waals surface area (Å²) in [5.74, 6) is -1.43. The number of nitrogens with zero attached hydrogens (tertiary/aromatic N) is 1. The van der Waals surface area contributed by atoms with Crippen LogP contribution in [0, 0.1) is 10.7 Å². The fourth-order valence-electron chi connectivity index (χ4n) is 0.930. The summed E-state index contributed by atoms with van der Waals surface area (Å²) in [4.78, 5) is 0. The zero-order valence-corrected chi connectivity index (χ0v) is 15.8. The van der Waals surface area contributed by atoms with Crippen LogP contribution >= 0.6 is 67.8 Å². The van der Waals surface area contributed by atoms with Crippen molar-refractivity contribution in [2.24, 2.45) is 4.40 Å². The molecule has 0 aliphatic heterocycles. The lowest BCUT2D eigenvalue weighted by Gasteiger charge is -2.16. The highest BCUT2D eigenvalue weighted by molar-refractivity contribution is 14.1. The maximum absolute atomic E-state index is 12.2. The molecule has 0 aliphatic rings. The predicted molar refractivity (Wildman–Crippen MR) is 86.1 cm³/mol. The molecule has 0 spiro atoms. The van der Waals surface area contributed by atoms with Crippen LogP contribution in [0.25, 0.3) is 0 Å². The van der Waals surface area contributed by atoms with Gasteiger partial charge in [-0.25, -0.2) is 0 Å². The van der Waals surface area contributed by atoms with Gasteiger partial charge in [-0.1, -0.05) is 0 Å². The van der Waals surface area contributed by atoms with E-state index in [0.29, 0.717) is 10.7 Å². The second kappa shape index (κ2) is 6.17. The maximum atomic E-state index is 12.2. The van der Waals surface area contributed by atoms with Gasteiger partial charge in [0.25, 0.3) is 0 Å². The van der Waals surface area contributed by atoms with E-state index in [-0.39, 0.29) is 5.56 Å². The van der Waals surface area contributed by atoms with E-state index in [1.54, 1.807) is 51.2 Å². The largest absolute Gasteiger partial charge is 0.858 e. The van der Waals surface area contributed by atoms with Crippen molar-refractivity contribution in [1.82, 2.24) is 0 Å². The molecule has 11 heteroatoms. The van der Waals surface area contributed by atoms with Crippen molar-refractivity contribution in [3.63, 3.8) is 0 Å². The van der Waals surface area contributed by atoms with Crippen LogP contribution in [0.2, 0.25) is 0 Å². The molecule has 0 bridgehead atoms. The molecule has 0 aliphatic carbocycles. The van der Waals surface area contributed by atoms with Gasteiger partial charge in [0.1, 0.15) is 0 Å². The van der Waals surface area contributed by atoms with E-state index in [2.05, 4.69) is 4.40 Å². The molecule has 0 atom stereocenters. The predicted octanol–water partition coefficient (Wildman–Crippen LogP) is 2.46.